The zero-order chi connectivity index (χ0) is 33.1. The van der Waals surface area contributed by atoms with Crippen LogP contribution < -0.4 is 50.1 Å². The highest BCUT2D eigenvalue weighted by molar-refractivity contribution is 6.31. The maximum absolute atomic E-state index is 13.2. The topological polar surface area (TPSA) is 212 Å². The van der Waals surface area contributed by atoms with Gasteiger partial charge in [0.2, 0.25) is 0 Å². The van der Waals surface area contributed by atoms with Gasteiger partial charge in [-0.2, -0.15) is 0 Å². The Labute approximate surface area is 285 Å². The minimum absolute atomic E-state index is 0. The van der Waals surface area contributed by atoms with Crippen LogP contribution in [-0.2, 0) is 22.4 Å². The van der Waals surface area contributed by atoms with Crippen LogP contribution in [0.1, 0.15) is 47.3 Å². The van der Waals surface area contributed by atoms with Gasteiger partial charge in [-0.1, -0.05) is 35.9 Å². The number of halogens is 2. The van der Waals surface area contributed by atoms with Crippen LogP contribution in [0, 0.1) is 0 Å². The standard InChI is InChI=1S/C32H41ClN8O5.ClH/c33-29-31(37)40-30(36)28(39-29)32(44)38-23-6-3-17-41(18-23,15-1-4-21-7-11-24(12-8-21)45-19-26(34)42)16-2-5-22-9-13-25(14-10-22)46-20-27(35)43;/h7-14,23H,1-6,15-20H2,(H8-,34,35,36,37,38,40,42,43,44);1H. The van der Waals surface area contributed by atoms with Crippen molar-refractivity contribution in [2.24, 2.45) is 11.5 Å². The molecule has 15 heteroatoms. The number of amides is 3. The van der Waals surface area contributed by atoms with Crippen LogP contribution in [-0.4, -0.2) is 77.6 Å². The molecule has 47 heavy (non-hydrogen) atoms. The fourth-order valence-electron chi connectivity index (χ4n) is 5.87. The third-order valence-corrected chi connectivity index (χ3v) is 8.33. The number of hydrogen-bond donors (Lipinski definition) is 5. The molecule has 1 atom stereocenters. The number of hydrogen-bond acceptors (Lipinski definition) is 9. The van der Waals surface area contributed by atoms with E-state index >= 15 is 0 Å². The van der Waals surface area contributed by atoms with Gasteiger partial charge in [0.1, 0.15) is 11.5 Å². The van der Waals surface area contributed by atoms with E-state index in [0.29, 0.717) is 11.5 Å². The summed E-state index contributed by atoms with van der Waals surface area (Å²) in [5, 5.41) is 3.05. The fraction of sp³-hybridized carbons (Fsp3) is 0.406. The van der Waals surface area contributed by atoms with Crippen molar-refractivity contribution in [2.75, 3.05) is 50.9 Å². The van der Waals surface area contributed by atoms with Gasteiger partial charge in [0.05, 0.1) is 32.2 Å². The van der Waals surface area contributed by atoms with Crippen LogP contribution >= 0.6 is 11.6 Å². The molecule has 1 aromatic heterocycles. The number of primary amides is 2. The number of carbonyl (C=O) groups is 3. The molecule has 4 rings (SSSR count). The average Bonchev–Trinajstić information content (AvgIpc) is 3.02. The monoisotopic (exact) mass is 688 g/mol. The van der Waals surface area contributed by atoms with Crippen molar-refractivity contribution in [3.8, 4) is 11.5 Å². The van der Waals surface area contributed by atoms with E-state index in [0.717, 1.165) is 69.2 Å². The Hall–Kier alpha value is -4.33. The van der Waals surface area contributed by atoms with Gasteiger partial charge in [0, 0.05) is 12.8 Å². The molecular formula is C32H42Cl2N8O5. The van der Waals surface area contributed by atoms with Crippen molar-refractivity contribution in [1.29, 1.82) is 0 Å². The molecule has 13 nitrogen and oxygen atoms in total. The minimum atomic E-state index is -0.519. The van der Waals surface area contributed by atoms with E-state index in [2.05, 4.69) is 15.3 Å². The highest BCUT2D eigenvalue weighted by Gasteiger charge is 2.35. The molecule has 2 aromatic carbocycles. The number of anilines is 2. The maximum atomic E-state index is 13.2. The molecule has 0 aliphatic carbocycles. The van der Waals surface area contributed by atoms with E-state index in [1.807, 2.05) is 48.5 Å². The molecule has 0 spiro atoms. The summed E-state index contributed by atoms with van der Waals surface area (Å²) in [6.45, 7) is 3.32. The lowest BCUT2D eigenvalue weighted by Crippen LogP contribution is -3.00. The number of nitrogens with one attached hydrogen (secondary N) is 1. The van der Waals surface area contributed by atoms with E-state index in [1.165, 1.54) is 11.1 Å². The van der Waals surface area contributed by atoms with Crippen LogP contribution in [0.3, 0.4) is 0 Å². The average molecular weight is 690 g/mol. The molecule has 3 aromatic rings. The smallest absolute Gasteiger partial charge is 0.274 e. The number of benzene rings is 2. The first-order valence-electron chi connectivity index (χ1n) is 15.3. The van der Waals surface area contributed by atoms with E-state index < -0.39 is 17.7 Å². The van der Waals surface area contributed by atoms with Crippen LogP contribution in [0.2, 0.25) is 5.15 Å². The van der Waals surface area contributed by atoms with E-state index in [4.69, 9.17) is 44.0 Å². The Morgan fingerprint density at radius 2 is 1.34 bits per heavy atom. The summed E-state index contributed by atoms with van der Waals surface area (Å²) in [5.41, 5.74) is 24.3. The normalized spacial score (nSPS) is 15.2. The molecule has 9 N–H and O–H groups in total. The first-order valence-corrected chi connectivity index (χ1v) is 15.6. The van der Waals surface area contributed by atoms with Crippen molar-refractivity contribution in [2.45, 2.75) is 44.6 Å². The lowest BCUT2D eigenvalue weighted by atomic mass is 9.99. The Morgan fingerprint density at radius 1 is 0.830 bits per heavy atom. The van der Waals surface area contributed by atoms with Crippen LogP contribution in [0.15, 0.2) is 48.5 Å². The van der Waals surface area contributed by atoms with Crippen molar-refractivity contribution < 1.29 is 40.7 Å². The second kappa shape index (κ2) is 17.5. The molecule has 1 aliphatic heterocycles. The summed E-state index contributed by atoms with van der Waals surface area (Å²) < 4.78 is 11.6. The number of nitrogens with two attached hydrogens (primary N) is 4. The molecule has 254 valence electrons. The Morgan fingerprint density at radius 3 is 1.83 bits per heavy atom. The molecule has 0 saturated carbocycles. The summed E-state index contributed by atoms with van der Waals surface area (Å²) in [5.74, 6) is -0.350. The van der Waals surface area contributed by atoms with E-state index in [9.17, 15) is 14.4 Å². The molecule has 1 saturated heterocycles. The molecule has 1 fully saturated rings. The zero-order valence-corrected chi connectivity index (χ0v) is 27.6. The number of ether oxygens (including phenoxy) is 2. The predicted molar refractivity (Wildman–Crippen MR) is 175 cm³/mol. The number of rotatable bonds is 16. The largest absolute Gasteiger partial charge is 1.00 e. The minimum Gasteiger partial charge on any atom is -1.00 e. The number of nitrogen functional groups attached to an aromatic ring is 2. The van der Waals surface area contributed by atoms with Gasteiger partial charge in [0.25, 0.3) is 17.7 Å². The lowest BCUT2D eigenvalue weighted by Gasteiger charge is -2.45. The van der Waals surface area contributed by atoms with Crippen LogP contribution in [0.25, 0.3) is 0 Å². The number of piperidine rings is 1. The van der Waals surface area contributed by atoms with Crippen molar-refractivity contribution in [1.82, 2.24) is 15.3 Å². The van der Waals surface area contributed by atoms with E-state index in [-0.39, 0.29) is 54.1 Å². The summed E-state index contributed by atoms with van der Waals surface area (Å²) in [6.07, 6.45) is 5.42. The summed E-state index contributed by atoms with van der Waals surface area (Å²) >= 11 is 6.02. The quantitative estimate of drug-likeness (QED) is 0.117. The highest BCUT2D eigenvalue weighted by Crippen LogP contribution is 2.25. The number of carbonyl (C=O) groups excluding carboxylic acids is 3. The number of aryl methyl sites for hydroxylation is 2. The Balaban J connectivity index is 0.00000600. The third kappa shape index (κ3) is 11.5. The van der Waals surface area contributed by atoms with Gasteiger partial charge >= 0.3 is 0 Å². The predicted octanol–water partition coefficient (Wildman–Crippen LogP) is -0.999. The first kappa shape index (κ1) is 37.1. The van der Waals surface area contributed by atoms with Gasteiger partial charge < -0.3 is 54.6 Å². The van der Waals surface area contributed by atoms with Gasteiger partial charge in [-0.3, -0.25) is 14.4 Å². The van der Waals surface area contributed by atoms with Crippen LogP contribution in [0.4, 0.5) is 11.6 Å². The van der Waals surface area contributed by atoms with E-state index in [1.54, 1.807) is 0 Å². The molecule has 0 radical (unpaired) electrons. The fourth-order valence-corrected chi connectivity index (χ4v) is 6.00. The second-order valence-electron chi connectivity index (χ2n) is 11.6. The first-order chi connectivity index (χ1) is 22.0. The number of quaternary nitrogens is 1. The Kier molecular flexibility index (Phi) is 13.9. The zero-order valence-electron chi connectivity index (χ0n) is 26.1. The lowest BCUT2D eigenvalue weighted by molar-refractivity contribution is -0.933. The second-order valence-corrected chi connectivity index (χ2v) is 12.0. The third-order valence-electron chi connectivity index (χ3n) is 8.05. The summed E-state index contributed by atoms with van der Waals surface area (Å²) in [7, 11) is 0. The molecule has 0 bridgehead atoms. The SMILES string of the molecule is NC(=O)COc1ccc(CCC[N+]2(CCCc3ccc(OCC(N)=O)cc3)CCCC(NC(=O)c3nc(Cl)c(N)nc3N)C2)cc1.[Cl-]. The van der Waals surface area contributed by atoms with Crippen LogP contribution in [0.5, 0.6) is 11.5 Å². The van der Waals surface area contributed by atoms with Gasteiger partial charge in [-0.15, -0.1) is 0 Å². The van der Waals surface area contributed by atoms with Gasteiger partial charge in [-0.05, 0) is 61.1 Å². The maximum Gasteiger partial charge on any atom is 0.274 e. The molecule has 1 aliphatic rings. The number of aromatic nitrogens is 2. The van der Waals surface area contributed by atoms with Crippen molar-refractivity contribution in [3.05, 3.63) is 70.5 Å². The Bertz CT molecular complexity index is 1440. The summed E-state index contributed by atoms with van der Waals surface area (Å²) in [6, 6.07) is 15.3. The number of likely N-dealkylation sites (tertiary alicyclic amines) is 1. The van der Waals surface area contributed by atoms with Gasteiger partial charge in [-0.25, -0.2) is 9.97 Å². The molecule has 2 heterocycles. The van der Waals surface area contributed by atoms with Gasteiger partial charge in [0.15, 0.2) is 35.7 Å². The summed E-state index contributed by atoms with van der Waals surface area (Å²) in [4.78, 5) is 43.2. The molecule has 1 unspecified atom stereocenters. The molecule has 3 amide bonds. The van der Waals surface area contributed by atoms with Crippen molar-refractivity contribution in [3.63, 3.8) is 0 Å². The van der Waals surface area contributed by atoms with Crippen molar-refractivity contribution >= 4 is 41.0 Å². The molecular weight excluding hydrogens is 647 g/mol. The number of nitrogens with zero attached hydrogens (tertiary/aromatic N) is 3. The highest BCUT2D eigenvalue weighted by atomic mass is 35.5.